The van der Waals surface area contributed by atoms with Crippen LogP contribution in [-0.4, -0.2) is 38.1 Å². The maximum absolute atomic E-state index is 12.2. The molecule has 164 valence electrons. The van der Waals surface area contributed by atoms with E-state index in [0.717, 1.165) is 10.8 Å². The van der Waals surface area contributed by atoms with Crippen LogP contribution in [0.3, 0.4) is 0 Å². The average molecular weight is 434 g/mol. The highest BCUT2D eigenvalue weighted by atomic mass is 16.5. The fraction of sp³-hybridized carbons (Fsp3) is 0.125. The molecule has 32 heavy (non-hydrogen) atoms. The smallest absolute Gasteiger partial charge is 0.331 e. The topological polar surface area (TPSA) is 117 Å². The SMILES string of the molecule is COc1cc(/C=C/C(=O)OCC(=O)Nc2cccc3ccccc23)ccc1OCC(N)=O. The second kappa shape index (κ2) is 10.6. The summed E-state index contributed by atoms with van der Waals surface area (Å²) in [5.41, 5.74) is 6.34. The quantitative estimate of drug-likeness (QED) is 0.395. The lowest BCUT2D eigenvalue weighted by Crippen LogP contribution is -2.20. The van der Waals surface area contributed by atoms with Gasteiger partial charge in [-0.2, -0.15) is 0 Å². The Morgan fingerprint density at radius 2 is 1.75 bits per heavy atom. The molecule has 0 aliphatic carbocycles. The highest BCUT2D eigenvalue weighted by Gasteiger charge is 2.09. The number of ether oxygens (including phenoxy) is 3. The molecule has 0 bridgehead atoms. The van der Waals surface area contributed by atoms with Gasteiger partial charge in [-0.25, -0.2) is 4.79 Å². The zero-order valence-corrected chi connectivity index (χ0v) is 17.4. The van der Waals surface area contributed by atoms with Crippen LogP contribution in [-0.2, 0) is 19.1 Å². The number of nitrogens with two attached hydrogens (primary N) is 1. The van der Waals surface area contributed by atoms with Crippen molar-refractivity contribution in [2.24, 2.45) is 5.73 Å². The molecule has 0 saturated heterocycles. The predicted octanol–water partition coefficient (Wildman–Crippen LogP) is 2.91. The Hall–Kier alpha value is -4.33. The summed E-state index contributed by atoms with van der Waals surface area (Å²) in [6.07, 6.45) is 2.70. The molecule has 3 aromatic rings. The zero-order chi connectivity index (χ0) is 22.9. The van der Waals surface area contributed by atoms with Crippen molar-refractivity contribution in [2.45, 2.75) is 0 Å². The van der Waals surface area contributed by atoms with Crippen LogP contribution in [0.15, 0.2) is 66.7 Å². The van der Waals surface area contributed by atoms with Crippen molar-refractivity contribution < 1.29 is 28.6 Å². The molecular formula is C24H22N2O6. The van der Waals surface area contributed by atoms with E-state index in [9.17, 15) is 14.4 Å². The van der Waals surface area contributed by atoms with Crippen molar-refractivity contribution >= 4 is 40.3 Å². The number of methoxy groups -OCH3 is 1. The number of rotatable bonds is 9. The van der Waals surface area contributed by atoms with E-state index in [4.69, 9.17) is 19.9 Å². The minimum Gasteiger partial charge on any atom is -0.493 e. The van der Waals surface area contributed by atoms with Crippen molar-refractivity contribution in [3.63, 3.8) is 0 Å². The van der Waals surface area contributed by atoms with E-state index in [1.165, 1.54) is 19.3 Å². The first kappa shape index (κ1) is 22.4. The second-order valence-corrected chi connectivity index (χ2v) is 6.68. The Balaban J connectivity index is 1.55. The third kappa shape index (κ3) is 6.09. The molecule has 0 spiro atoms. The monoisotopic (exact) mass is 434 g/mol. The van der Waals surface area contributed by atoms with Crippen molar-refractivity contribution in [3.05, 3.63) is 72.3 Å². The number of primary amides is 1. The molecule has 3 rings (SSSR count). The van der Waals surface area contributed by atoms with Gasteiger partial charge in [-0.15, -0.1) is 0 Å². The van der Waals surface area contributed by atoms with Gasteiger partial charge in [-0.05, 0) is 35.2 Å². The molecule has 2 amide bonds. The Labute approximate surface area is 184 Å². The van der Waals surface area contributed by atoms with E-state index in [0.29, 0.717) is 22.7 Å². The van der Waals surface area contributed by atoms with Gasteiger partial charge in [0.15, 0.2) is 24.7 Å². The van der Waals surface area contributed by atoms with Gasteiger partial charge >= 0.3 is 5.97 Å². The Bertz CT molecular complexity index is 1170. The number of carbonyl (C=O) groups is 3. The molecule has 8 heteroatoms. The lowest BCUT2D eigenvalue weighted by atomic mass is 10.1. The zero-order valence-electron chi connectivity index (χ0n) is 17.4. The van der Waals surface area contributed by atoms with E-state index < -0.39 is 24.4 Å². The van der Waals surface area contributed by atoms with Gasteiger partial charge in [0.25, 0.3) is 11.8 Å². The van der Waals surface area contributed by atoms with Gasteiger partial charge in [-0.3, -0.25) is 9.59 Å². The van der Waals surface area contributed by atoms with E-state index in [-0.39, 0.29) is 6.61 Å². The minimum absolute atomic E-state index is 0.279. The lowest BCUT2D eigenvalue weighted by Gasteiger charge is -2.10. The summed E-state index contributed by atoms with van der Waals surface area (Å²) in [6.45, 7) is -0.700. The molecule has 0 fully saturated rings. The van der Waals surface area contributed by atoms with E-state index in [2.05, 4.69) is 5.32 Å². The lowest BCUT2D eigenvalue weighted by molar-refractivity contribution is -0.142. The third-order valence-corrected chi connectivity index (χ3v) is 4.38. The summed E-state index contributed by atoms with van der Waals surface area (Å²) in [4.78, 5) is 35.0. The molecule has 8 nitrogen and oxygen atoms in total. The number of nitrogens with one attached hydrogen (secondary N) is 1. The number of anilines is 1. The summed E-state index contributed by atoms with van der Waals surface area (Å²) in [5.74, 6) is -1.01. The highest BCUT2D eigenvalue weighted by Crippen LogP contribution is 2.28. The summed E-state index contributed by atoms with van der Waals surface area (Å²) in [7, 11) is 1.45. The highest BCUT2D eigenvalue weighted by molar-refractivity contribution is 6.03. The average Bonchev–Trinajstić information content (AvgIpc) is 2.80. The predicted molar refractivity (Wildman–Crippen MR) is 120 cm³/mol. The third-order valence-electron chi connectivity index (χ3n) is 4.38. The Kier molecular flexibility index (Phi) is 7.42. The van der Waals surface area contributed by atoms with Crippen LogP contribution in [0.1, 0.15) is 5.56 Å². The number of esters is 1. The van der Waals surface area contributed by atoms with Gasteiger partial charge in [0.05, 0.1) is 7.11 Å². The number of fused-ring (bicyclic) bond motifs is 1. The fourth-order valence-corrected chi connectivity index (χ4v) is 2.93. The van der Waals surface area contributed by atoms with Crippen LogP contribution < -0.4 is 20.5 Å². The maximum Gasteiger partial charge on any atom is 0.331 e. The molecule has 3 N–H and O–H groups in total. The summed E-state index contributed by atoms with van der Waals surface area (Å²) >= 11 is 0. The van der Waals surface area contributed by atoms with Crippen LogP contribution in [0.2, 0.25) is 0 Å². The second-order valence-electron chi connectivity index (χ2n) is 6.68. The van der Waals surface area contributed by atoms with Crippen molar-refractivity contribution in [1.82, 2.24) is 0 Å². The maximum atomic E-state index is 12.2. The van der Waals surface area contributed by atoms with Gasteiger partial charge < -0.3 is 25.3 Å². The summed E-state index contributed by atoms with van der Waals surface area (Å²) in [6, 6.07) is 18.1. The normalized spacial score (nSPS) is 10.7. The van der Waals surface area contributed by atoms with Crippen molar-refractivity contribution in [2.75, 3.05) is 25.6 Å². The van der Waals surface area contributed by atoms with E-state index in [1.807, 2.05) is 36.4 Å². The van der Waals surface area contributed by atoms with Crippen LogP contribution >= 0.6 is 0 Å². The standard InChI is InChI=1S/C24H22N2O6/c1-30-21-13-16(9-11-20(21)31-14-22(25)27)10-12-24(29)32-15-23(28)26-19-8-4-6-17-5-2-3-7-18(17)19/h2-13H,14-15H2,1H3,(H2,25,27)(H,26,28)/b12-10+. The van der Waals surface area contributed by atoms with Gasteiger partial charge in [-0.1, -0.05) is 42.5 Å². The number of amides is 2. The van der Waals surface area contributed by atoms with Gasteiger partial charge in [0, 0.05) is 17.1 Å². The van der Waals surface area contributed by atoms with E-state index >= 15 is 0 Å². The number of benzene rings is 3. The van der Waals surface area contributed by atoms with Gasteiger partial charge in [0.1, 0.15) is 0 Å². The van der Waals surface area contributed by atoms with Crippen LogP contribution in [0.25, 0.3) is 16.8 Å². The number of hydrogen-bond donors (Lipinski definition) is 2. The minimum atomic E-state index is -0.675. The molecule has 0 unspecified atom stereocenters. The molecule has 0 radical (unpaired) electrons. The largest absolute Gasteiger partial charge is 0.493 e. The molecule has 0 aromatic heterocycles. The first-order chi connectivity index (χ1) is 15.5. The first-order valence-electron chi connectivity index (χ1n) is 9.68. The molecule has 0 aliphatic rings. The first-order valence-corrected chi connectivity index (χ1v) is 9.68. The van der Waals surface area contributed by atoms with Gasteiger partial charge in [0.2, 0.25) is 0 Å². The summed E-state index contributed by atoms with van der Waals surface area (Å²) in [5, 5.41) is 4.64. The fourth-order valence-electron chi connectivity index (χ4n) is 2.93. The van der Waals surface area contributed by atoms with Crippen LogP contribution in [0, 0.1) is 0 Å². The molecule has 0 aliphatic heterocycles. The summed E-state index contributed by atoms with van der Waals surface area (Å²) < 4.78 is 15.5. The molecule has 0 saturated carbocycles. The van der Waals surface area contributed by atoms with E-state index in [1.54, 1.807) is 24.3 Å². The Morgan fingerprint density at radius 3 is 2.53 bits per heavy atom. The van der Waals surface area contributed by atoms with Crippen molar-refractivity contribution in [3.8, 4) is 11.5 Å². The molecule has 3 aromatic carbocycles. The Morgan fingerprint density at radius 1 is 0.969 bits per heavy atom. The molecule has 0 heterocycles. The molecular weight excluding hydrogens is 412 g/mol. The number of carbonyl (C=O) groups excluding carboxylic acids is 3. The van der Waals surface area contributed by atoms with Crippen molar-refractivity contribution in [1.29, 1.82) is 0 Å². The number of hydrogen-bond acceptors (Lipinski definition) is 6. The van der Waals surface area contributed by atoms with Crippen LogP contribution in [0.4, 0.5) is 5.69 Å². The van der Waals surface area contributed by atoms with Crippen LogP contribution in [0.5, 0.6) is 11.5 Å². The molecule has 0 atom stereocenters.